The van der Waals surface area contributed by atoms with Crippen LogP contribution in [0.5, 0.6) is 0 Å². The molecule has 4 rings (SSSR count). The van der Waals surface area contributed by atoms with Gasteiger partial charge >= 0.3 is 0 Å². The number of nitrogens with zero attached hydrogens (tertiary/aromatic N) is 4. The highest BCUT2D eigenvalue weighted by Gasteiger charge is 2.45. The van der Waals surface area contributed by atoms with Crippen molar-refractivity contribution in [3.05, 3.63) is 64.7 Å². The fourth-order valence-corrected chi connectivity index (χ4v) is 3.33. The van der Waals surface area contributed by atoms with Gasteiger partial charge in [-0.15, -0.1) is 0 Å². The normalized spacial score (nSPS) is 15.1. The first-order valence-electron chi connectivity index (χ1n) is 8.69. The highest BCUT2D eigenvalue weighted by Crippen LogP contribution is 2.46. The van der Waals surface area contributed by atoms with Crippen molar-refractivity contribution in [2.45, 2.75) is 33.1 Å². The maximum absolute atomic E-state index is 13.1. The Balaban J connectivity index is 1.90. The maximum atomic E-state index is 13.1. The van der Waals surface area contributed by atoms with E-state index in [2.05, 4.69) is 15.1 Å². The number of aromatic amines is 1. The van der Waals surface area contributed by atoms with Crippen LogP contribution in [-0.2, 0) is 10.2 Å². The molecule has 27 heavy (non-hydrogen) atoms. The predicted molar refractivity (Wildman–Crippen MR) is 101 cm³/mol. The van der Waals surface area contributed by atoms with Crippen molar-refractivity contribution >= 4 is 17.4 Å². The number of carbonyl (C=O) groups is 1. The molecule has 7 nitrogen and oxygen atoms in total. The molecule has 0 bridgehead atoms. The van der Waals surface area contributed by atoms with Crippen LogP contribution in [0.1, 0.15) is 30.9 Å². The van der Waals surface area contributed by atoms with Crippen LogP contribution < -0.4 is 9.44 Å². The molecular weight excluding hydrogens is 342 g/mol. The lowest BCUT2D eigenvalue weighted by atomic mass is 9.85. The molecular formula is C20H20N5O2+. The number of rotatable bonds is 2. The van der Waals surface area contributed by atoms with E-state index < -0.39 is 5.41 Å². The summed E-state index contributed by atoms with van der Waals surface area (Å²) in [4.78, 5) is 35.2. The molecule has 0 fully saturated rings. The maximum Gasteiger partial charge on any atom is 0.266 e. The van der Waals surface area contributed by atoms with Gasteiger partial charge in [0.05, 0.1) is 16.0 Å². The van der Waals surface area contributed by atoms with Crippen LogP contribution in [0.15, 0.2) is 42.7 Å². The highest BCUT2D eigenvalue weighted by molar-refractivity contribution is 6.12. The largest absolute Gasteiger partial charge is 0.273 e. The van der Waals surface area contributed by atoms with Crippen molar-refractivity contribution in [3.8, 4) is 11.1 Å². The molecule has 0 saturated carbocycles. The quantitative estimate of drug-likeness (QED) is 0.710. The Morgan fingerprint density at radius 1 is 1.04 bits per heavy atom. The number of aryl methyl sites for hydroxylation is 2. The van der Waals surface area contributed by atoms with E-state index in [9.17, 15) is 9.70 Å². The van der Waals surface area contributed by atoms with Crippen molar-refractivity contribution < 1.29 is 9.34 Å². The van der Waals surface area contributed by atoms with Gasteiger partial charge in [-0.1, -0.05) is 17.2 Å². The molecule has 1 N–H and O–H groups in total. The number of H-pyrrole nitrogens is 1. The fraction of sp³-hybridized carbons (Fsp3) is 0.250. The second kappa shape index (κ2) is 5.84. The van der Waals surface area contributed by atoms with Gasteiger partial charge in [-0.2, -0.15) is 0 Å². The lowest BCUT2D eigenvalue weighted by Crippen LogP contribution is -2.35. The van der Waals surface area contributed by atoms with E-state index in [0.29, 0.717) is 21.9 Å². The van der Waals surface area contributed by atoms with Gasteiger partial charge in [0.2, 0.25) is 5.91 Å². The van der Waals surface area contributed by atoms with Gasteiger partial charge in [-0.05, 0) is 44.0 Å². The Hall–Kier alpha value is -3.35. The van der Waals surface area contributed by atoms with Crippen LogP contribution in [0, 0.1) is 18.8 Å². The minimum atomic E-state index is -0.690. The molecule has 0 spiro atoms. The van der Waals surface area contributed by atoms with Crippen LogP contribution in [-0.4, -0.2) is 21.0 Å². The summed E-state index contributed by atoms with van der Waals surface area (Å²) < 4.78 is 0.658. The molecule has 0 saturated heterocycles. The zero-order valence-electron chi connectivity index (χ0n) is 15.6. The van der Waals surface area contributed by atoms with Gasteiger partial charge in [0, 0.05) is 30.9 Å². The summed E-state index contributed by atoms with van der Waals surface area (Å²) in [6.07, 6.45) is 3.53. The second-order valence-electron chi connectivity index (χ2n) is 7.28. The van der Waals surface area contributed by atoms with E-state index in [0.717, 1.165) is 22.4 Å². The summed E-state index contributed by atoms with van der Waals surface area (Å²) in [6, 6.07) is 9.31. The van der Waals surface area contributed by atoms with Crippen LogP contribution in [0.2, 0.25) is 0 Å². The number of hydrogen-bond donors (Lipinski definition) is 1. The van der Waals surface area contributed by atoms with Crippen LogP contribution in [0.3, 0.4) is 0 Å². The molecule has 1 aliphatic rings. The monoisotopic (exact) mass is 362 g/mol. The third-order valence-corrected chi connectivity index (χ3v) is 5.02. The molecule has 3 heterocycles. The number of hydrogen-bond acceptors (Lipinski definition) is 4. The Morgan fingerprint density at radius 2 is 1.74 bits per heavy atom. The molecule has 7 heteroatoms. The number of amides is 1. The van der Waals surface area contributed by atoms with Crippen molar-refractivity contribution in [3.63, 3.8) is 0 Å². The van der Waals surface area contributed by atoms with Crippen LogP contribution in [0.4, 0.5) is 11.5 Å². The Morgan fingerprint density at radius 3 is 2.41 bits per heavy atom. The van der Waals surface area contributed by atoms with Gasteiger partial charge in [0.25, 0.3) is 5.69 Å². The number of fused-ring (bicyclic) bond motifs is 1. The smallest absolute Gasteiger partial charge is 0.266 e. The fourth-order valence-electron chi connectivity index (χ4n) is 3.33. The summed E-state index contributed by atoms with van der Waals surface area (Å²) in [5, 5.41) is 2.73. The lowest BCUT2D eigenvalue weighted by Gasteiger charge is -2.18. The first-order chi connectivity index (χ1) is 12.8. The summed E-state index contributed by atoms with van der Waals surface area (Å²) in [5.41, 5.74) is 3.28. The highest BCUT2D eigenvalue weighted by atomic mass is 16.3. The molecule has 136 valence electrons. The molecule has 0 aliphatic carbocycles. The van der Waals surface area contributed by atoms with E-state index in [1.807, 2.05) is 39.0 Å². The van der Waals surface area contributed by atoms with E-state index in [1.165, 1.54) is 0 Å². The standard InChI is InChI=1S/C20H20N5O2/c1-12-5-8-18(23-25(12)27)24-17-9-14(15-10-21-13(2)22-11-15)6-7-16(17)20(3,4)19(24)26/h5-11H,1-4H3,(H,23,27)/q+1. The summed E-state index contributed by atoms with van der Waals surface area (Å²) in [6.45, 7) is 7.32. The van der Waals surface area contributed by atoms with E-state index in [4.69, 9.17) is 0 Å². The zero-order chi connectivity index (χ0) is 19.3. The summed E-state index contributed by atoms with van der Waals surface area (Å²) in [5.74, 6) is 1.05. The Bertz CT molecular complexity index is 1120. The molecule has 1 amide bonds. The third kappa shape index (κ3) is 2.63. The van der Waals surface area contributed by atoms with Gasteiger partial charge in [-0.3, -0.25) is 9.69 Å². The predicted octanol–water partition coefficient (Wildman–Crippen LogP) is 2.96. The van der Waals surface area contributed by atoms with Crippen molar-refractivity contribution in [2.24, 2.45) is 0 Å². The minimum absolute atomic E-state index is 0.0880. The van der Waals surface area contributed by atoms with Crippen molar-refractivity contribution in [1.29, 1.82) is 0 Å². The minimum Gasteiger partial charge on any atom is -0.273 e. The third-order valence-electron chi connectivity index (χ3n) is 5.02. The average molecular weight is 362 g/mol. The van der Waals surface area contributed by atoms with Gasteiger partial charge < -0.3 is 0 Å². The second-order valence-corrected chi connectivity index (χ2v) is 7.28. The number of anilines is 2. The first kappa shape index (κ1) is 17.1. The number of benzene rings is 1. The lowest BCUT2D eigenvalue weighted by molar-refractivity contribution is -0.570. The topological polar surface area (TPSA) is 84.9 Å². The van der Waals surface area contributed by atoms with Crippen LogP contribution in [0.25, 0.3) is 11.1 Å². The average Bonchev–Trinajstić information content (AvgIpc) is 2.84. The summed E-state index contributed by atoms with van der Waals surface area (Å²) >= 11 is 0. The summed E-state index contributed by atoms with van der Waals surface area (Å²) in [7, 11) is 0. The SMILES string of the molecule is Cc1ncc(-c2ccc3c(c2)N(c2ccc(C)[n+](=O)[nH]2)C(=O)C3(C)C)cn1. The van der Waals surface area contributed by atoms with Gasteiger partial charge in [0.15, 0.2) is 10.4 Å². The number of aromatic nitrogens is 4. The van der Waals surface area contributed by atoms with E-state index in [1.54, 1.807) is 36.4 Å². The zero-order valence-corrected chi connectivity index (χ0v) is 15.6. The Labute approximate surface area is 156 Å². The molecule has 0 atom stereocenters. The van der Waals surface area contributed by atoms with E-state index in [-0.39, 0.29) is 5.91 Å². The van der Waals surface area contributed by atoms with Crippen molar-refractivity contribution in [1.82, 2.24) is 15.1 Å². The molecule has 1 aromatic carbocycles. The number of nitrogens with one attached hydrogen (secondary N) is 1. The van der Waals surface area contributed by atoms with Crippen LogP contribution >= 0.6 is 0 Å². The van der Waals surface area contributed by atoms with Crippen molar-refractivity contribution in [2.75, 3.05) is 4.90 Å². The van der Waals surface area contributed by atoms with E-state index >= 15 is 0 Å². The van der Waals surface area contributed by atoms with Gasteiger partial charge in [-0.25, -0.2) is 9.97 Å². The molecule has 0 unspecified atom stereocenters. The molecule has 1 aliphatic heterocycles. The van der Waals surface area contributed by atoms with Gasteiger partial charge in [0.1, 0.15) is 5.82 Å². The molecule has 2 aromatic heterocycles. The first-order valence-corrected chi connectivity index (χ1v) is 8.69. The Kier molecular flexibility index (Phi) is 3.69. The molecule has 3 aromatic rings. The number of carbonyl (C=O) groups excluding carboxylic acids is 1. The molecule has 0 radical (unpaired) electrons.